The molecule has 11 heavy (non-hydrogen) atoms. The van der Waals surface area contributed by atoms with Crippen molar-refractivity contribution in [1.29, 1.82) is 5.26 Å². The van der Waals surface area contributed by atoms with Crippen molar-refractivity contribution in [2.75, 3.05) is 0 Å². The average Bonchev–Trinajstić information content (AvgIpc) is 2.05. The first-order chi connectivity index (χ1) is 5.27. The smallest absolute Gasteiger partial charge is 0.101 e. The molecule has 1 radical (unpaired) electrons. The Morgan fingerprint density at radius 1 is 1.45 bits per heavy atom. The fraction of sp³-hybridized carbons (Fsp3) is 0. The van der Waals surface area contributed by atoms with Crippen LogP contribution in [0, 0.1) is 17.4 Å². The quantitative estimate of drug-likeness (QED) is 0.623. The lowest BCUT2D eigenvalue weighted by Crippen LogP contribution is -1.79. The molecule has 0 N–H and O–H groups in total. The summed E-state index contributed by atoms with van der Waals surface area (Å²) >= 11 is 5.68. The third-order valence-corrected chi connectivity index (χ3v) is 1.62. The van der Waals surface area contributed by atoms with Crippen LogP contribution in [0.1, 0.15) is 11.1 Å². The fourth-order valence-electron chi connectivity index (χ4n) is 0.721. The van der Waals surface area contributed by atoms with Gasteiger partial charge in [-0.15, -0.1) is 0 Å². The van der Waals surface area contributed by atoms with Gasteiger partial charge >= 0.3 is 0 Å². The zero-order valence-electron chi connectivity index (χ0n) is 5.76. The minimum absolute atomic E-state index is 0.459. The zero-order chi connectivity index (χ0) is 8.27. The van der Waals surface area contributed by atoms with Gasteiger partial charge in [-0.1, -0.05) is 24.2 Å². The summed E-state index contributed by atoms with van der Waals surface area (Å²) in [4.78, 5) is 0. The number of rotatable bonds is 1. The molecular formula is C9H5ClN. The average molecular weight is 163 g/mol. The van der Waals surface area contributed by atoms with Crippen molar-refractivity contribution in [3.63, 3.8) is 0 Å². The highest BCUT2D eigenvalue weighted by molar-refractivity contribution is 6.31. The molecule has 0 bridgehead atoms. The van der Waals surface area contributed by atoms with E-state index in [9.17, 15) is 0 Å². The maximum atomic E-state index is 8.56. The van der Waals surface area contributed by atoms with Crippen LogP contribution in [-0.2, 0) is 0 Å². The van der Waals surface area contributed by atoms with Crippen molar-refractivity contribution in [2.24, 2.45) is 0 Å². The maximum absolute atomic E-state index is 8.56. The Morgan fingerprint density at radius 3 is 2.73 bits per heavy atom. The molecule has 1 nitrogen and oxygen atoms in total. The molecule has 0 saturated heterocycles. The van der Waals surface area contributed by atoms with E-state index in [0.29, 0.717) is 10.6 Å². The van der Waals surface area contributed by atoms with Gasteiger partial charge in [0.15, 0.2) is 0 Å². The van der Waals surface area contributed by atoms with Crippen molar-refractivity contribution in [3.05, 3.63) is 47.0 Å². The zero-order valence-corrected chi connectivity index (χ0v) is 6.52. The summed E-state index contributed by atoms with van der Waals surface area (Å²) in [6.07, 6.45) is 2.67. The number of nitriles is 1. The van der Waals surface area contributed by atoms with E-state index < -0.39 is 0 Å². The van der Waals surface area contributed by atoms with Gasteiger partial charge in [-0.2, -0.15) is 5.26 Å². The van der Waals surface area contributed by atoms with E-state index in [-0.39, 0.29) is 0 Å². The molecule has 0 spiro atoms. The van der Waals surface area contributed by atoms with Gasteiger partial charge in [0.05, 0.1) is 10.6 Å². The van der Waals surface area contributed by atoms with Crippen LogP contribution in [0.15, 0.2) is 24.8 Å². The SMILES string of the molecule is C=[C]c1ccc(Cl)c(C#N)c1. The number of benzene rings is 1. The lowest BCUT2D eigenvalue weighted by molar-refractivity contribution is 1.46. The standard InChI is InChI=1S/C9H5ClN/c1-2-7-3-4-9(10)8(5-7)6-11/h3-5H,1H2. The second-order valence-corrected chi connectivity index (χ2v) is 2.39. The van der Waals surface area contributed by atoms with Crippen molar-refractivity contribution >= 4 is 11.6 Å². The highest BCUT2D eigenvalue weighted by Gasteiger charge is 1.97. The minimum atomic E-state index is 0.459. The minimum Gasteiger partial charge on any atom is -0.192 e. The highest BCUT2D eigenvalue weighted by Crippen LogP contribution is 2.16. The van der Waals surface area contributed by atoms with Gasteiger partial charge in [-0.25, -0.2) is 0 Å². The third-order valence-electron chi connectivity index (χ3n) is 1.29. The first-order valence-corrected chi connectivity index (χ1v) is 3.38. The first kappa shape index (κ1) is 7.84. The molecule has 0 amide bonds. The molecule has 0 atom stereocenters. The summed E-state index contributed by atoms with van der Waals surface area (Å²) in [5.74, 6) is 0. The van der Waals surface area contributed by atoms with Crippen LogP contribution in [0.2, 0.25) is 5.02 Å². The van der Waals surface area contributed by atoms with Crippen molar-refractivity contribution in [3.8, 4) is 6.07 Å². The Labute approximate surface area is 70.5 Å². The Kier molecular flexibility index (Phi) is 2.30. The first-order valence-electron chi connectivity index (χ1n) is 3.00. The molecule has 53 valence electrons. The summed E-state index contributed by atoms with van der Waals surface area (Å²) in [5, 5.41) is 9.02. The van der Waals surface area contributed by atoms with Crippen LogP contribution in [0.25, 0.3) is 0 Å². The second-order valence-electron chi connectivity index (χ2n) is 1.98. The normalized spacial score (nSPS) is 8.73. The van der Waals surface area contributed by atoms with E-state index in [1.807, 2.05) is 6.07 Å². The molecule has 1 aromatic carbocycles. The summed E-state index contributed by atoms with van der Waals surface area (Å²) in [5.41, 5.74) is 1.24. The molecule has 1 rings (SSSR count). The summed E-state index contributed by atoms with van der Waals surface area (Å²) in [6.45, 7) is 3.46. The van der Waals surface area contributed by atoms with Gasteiger partial charge in [-0.3, -0.25) is 0 Å². The Balaban J connectivity index is 3.25. The monoisotopic (exact) mass is 162 g/mol. The number of hydrogen-bond acceptors (Lipinski definition) is 1. The molecule has 0 fully saturated rings. The van der Waals surface area contributed by atoms with Crippen molar-refractivity contribution in [1.82, 2.24) is 0 Å². The van der Waals surface area contributed by atoms with Crippen molar-refractivity contribution in [2.45, 2.75) is 0 Å². The van der Waals surface area contributed by atoms with Gasteiger partial charge in [0.2, 0.25) is 0 Å². The van der Waals surface area contributed by atoms with Gasteiger partial charge in [0, 0.05) is 0 Å². The van der Waals surface area contributed by atoms with Crippen molar-refractivity contribution < 1.29 is 0 Å². The molecule has 0 saturated carbocycles. The largest absolute Gasteiger partial charge is 0.192 e. The topological polar surface area (TPSA) is 23.8 Å². The maximum Gasteiger partial charge on any atom is 0.101 e. The Hall–Kier alpha value is -1.26. The summed E-state index contributed by atoms with van der Waals surface area (Å²) < 4.78 is 0. The Morgan fingerprint density at radius 2 is 2.18 bits per heavy atom. The van der Waals surface area contributed by atoms with Gasteiger partial charge in [0.25, 0.3) is 0 Å². The molecule has 0 aliphatic heterocycles. The molecule has 1 aromatic rings. The molecular weight excluding hydrogens is 158 g/mol. The van der Waals surface area contributed by atoms with Gasteiger partial charge in [-0.05, 0) is 23.8 Å². The van der Waals surface area contributed by atoms with E-state index in [0.717, 1.165) is 5.56 Å². The molecule has 0 heterocycles. The predicted molar refractivity (Wildman–Crippen MR) is 44.1 cm³/mol. The second kappa shape index (κ2) is 3.23. The van der Waals surface area contributed by atoms with E-state index in [4.69, 9.17) is 16.9 Å². The van der Waals surface area contributed by atoms with E-state index in [1.54, 1.807) is 18.2 Å². The Bertz CT molecular complexity index is 323. The fourth-order valence-corrected chi connectivity index (χ4v) is 0.881. The highest BCUT2D eigenvalue weighted by atomic mass is 35.5. The van der Waals surface area contributed by atoms with Crippen LogP contribution in [0.3, 0.4) is 0 Å². The lowest BCUT2D eigenvalue weighted by atomic mass is 10.1. The molecule has 2 heteroatoms. The van der Waals surface area contributed by atoms with Crippen LogP contribution in [-0.4, -0.2) is 0 Å². The number of hydrogen-bond donors (Lipinski definition) is 0. The molecule has 0 aromatic heterocycles. The number of halogens is 1. The van der Waals surface area contributed by atoms with Crippen LogP contribution in [0.4, 0.5) is 0 Å². The van der Waals surface area contributed by atoms with Crippen LogP contribution in [0.5, 0.6) is 0 Å². The summed E-state index contributed by atoms with van der Waals surface area (Å²) in [7, 11) is 0. The van der Waals surface area contributed by atoms with Crippen LogP contribution >= 0.6 is 11.6 Å². The molecule has 0 unspecified atom stereocenters. The predicted octanol–water partition coefficient (Wildman–Crippen LogP) is 2.55. The van der Waals surface area contributed by atoms with E-state index in [2.05, 4.69) is 12.7 Å². The summed E-state index contributed by atoms with van der Waals surface area (Å²) in [6, 6.07) is 7.04. The van der Waals surface area contributed by atoms with Crippen LogP contribution < -0.4 is 0 Å². The van der Waals surface area contributed by atoms with E-state index >= 15 is 0 Å². The molecule has 0 aliphatic carbocycles. The van der Waals surface area contributed by atoms with Gasteiger partial charge < -0.3 is 0 Å². The van der Waals surface area contributed by atoms with Gasteiger partial charge in [0.1, 0.15) is 6.07 Å². The third kappa shape index (κ3) is 1.60. The van der Waals surface area contributed by atoms with E-state index in [1.165, 1.54) is 0 Å². The molecule has 0 aliphatic rings. The lowest BCUT2D eigenvalue weighted by Gasteiger charge is -1.94. The number of nitrogens with zero attached hydrogens (tertiary/aromatic N) is 1.